The van der Waals surface area contributed by atoms with Crippen LogP contribution < -0.4 is 10.6 Å². The van der Waals surface area contributed by atoms with Crippen LogP contribution in [0.1, 0.15) is 72.1 Å². The van der Waals surface area contributed by atoms with E-state index in [-0.39, 0.29) is 11.4 Å². The maximum absolute atomic E-state index is 11.9. The average molecular weight is 254 g/mol. The predicted octanol–water partition coefficient (Wildman–Crippen LogP) is 2.99. The zero-order chi connectivity index (χ0) is 13.4. The lowest BCUT2D eigenvalue weighted by molar-refractivity contribution is -0.121. The van der Waals surface area contributed by atoms with Gasteiger partial charge in [-0.15, -0.1) is 0 Å². The third kappa shape index (κ3) is 6.39. The van der Waals surface area contributed by atoms with Gasteiger partial charge in [0, 0.05) is 11.6 Å². The van der Waals surface area contributed by atoms with Crippen LogP contribution >= 0.6 is 0 Å². The Balaban J connectivity index is 2.24. The monoisotopic (exact) mass is 254 g/mol. The van der Waals surface area contributed by atoms with Crippen molar-refractivity contribution in [2.75, 3.05) is 6.54 Å². The largest absolute Gasteiger partial charge is 0.352 e. The summed E-state index contributed by atoms with van der Waals surface area (Å²) in [5.41, 5.74) is 0.0650. The number of rotatable bonds is 6. The van der Waals surface area contributed by atoms with Gasteiger partial charge in [-0.1, -0.05) is 39.0 Å². The molecule has 0 heterocycles. The Bertz CT molecular complexity index is 243. The highest BCUT2D eigenvalue weighted by atomic mass is 16.2. The van der Waals surface area contributed by atoms with Crippen molar-refractivity contribution in [3.63, 3.8) is 0 Å². The van der Waals surface area contributed by atoms with E-state index in [1.54, 1.807) is 0 Å². The lowest BCUT2D eigenvalue weighted by Crippen LogP contribution is -2.47. The molecule has 2 N–H and O–H groups in total. The number of hydrogen-bond acceptors (Lipinski definition) is 2. The second-order valence-corrected chi connectivity index (χ2v) is 6.24. The Morgan fingerprint density at radius 2 is 1.78 bits per heavy atom. The molecule has 0 spiro atoms. The summed E-state index contributed by atoms with van der Waals surface area (Å²) in [5, 5.41) is 6.52. The molecule has 1 amide bonds. The highest BCUT2D eigenvalue weighted by Gasteiger charge is 2.19. The van der Waals surface area contributed by atoms with Gasteiger partial charge >= 0.3 is 0 Å². The summed E-state index contributed by atoms with van der Waals surface area (Å²) in [6.45, 7) is 6.95. The number of nitrogens with one attached hydrogen (secondary N) is 2. The molecule has 0 radical (unpaired) electrons. The standard InChI is InChI=1S/C15H30N2O/c1-4-11-15(2,3)16-12-14(18)17-13-9-7-5-6-8-10-13/h13,16H,4-12H2,1-3H3,(H,17,18). The molecule has 18 heavy (non-hydrogen) atoms. The van der Waals surface area contributed by atoms with Crippen molar-refractivity contribution in [3.05, 3.63) is 0 Å². The van der Waals surface area contributed by atoms with E-state index in [0.29, 0.717) is 12.6 Å². The Hall–Kier alpha value is -0.570. The van der Waals surface area contributed by atoms with Crippen LogP contribution in [0.5, 0.6) is 0 Å². The number of amides is 1. The third-order valence-electron chi connectivity index (χ3n) is 3.82. The smallest absolute Gasteiger partial charge is 0.234 e. The summed E-state index contributed by atoms with van der Waals surface area (Å²) in [5.74, 6) is 0.158. The minimum absolute atomic E-state index is 0.0650. The summed E-state index contributed by atoms with van der Waals surface area (Å²) in [6.07, 6.45) is 9.74. The fourth-order valence-electron chi connectivity index (χ4n) is 2.74. The first-order chi connectivity index (χ1) is 8.53. The molecule has 1 aliphatic carbocycles. The molecule has 1 rings (SSSR count). The zero-order valence-corrected chi connectivity index (χ0v) is 12.3. The van der Waals surface area contributed by atoms with Crippen molar-refractivity contribution in [2.24, 2.45) is 0 Å². The Kier molecular flexibility index (Phi) is 6.69. The predicted molar refractivity (Wildman–Crippen MR) is 76.6 cm³/mol. The van der Waals surface area contributed by atoms with Crippen LogP contribution in [0, 0.1) is 0 Å². The quantitative estimate of drug-likeness (QED) is 0.715. The maximum atomic E-state index is 11.9. The van der Waals surface area contributed by atoms with Crippen LogP contribution in [-0.2, 0) is 4.79 Å². The molecule has 0 aliphatic heterocycles. The van der Waals surface area contributed by atoms with E-state index < -0.39 is 0 Å². The van der Waals surface area contributed by atoms with Gasteiger partial charge in [-0.25, -0.2) is 0 Å². The SMILES string of the molecule is CCCC(C)(C)NCC(=O)NC1CCCCCC1. The molecule has 0 atom stereocenters. The second-order valence-electron chi connectivity index (χ2n) is 6.24. The van der Waals surface area contributed by atoms with Gasteiger partial charge in [0.1, 0.15) is 0 Å². The van der Waals surface area contributed by atoms with Gasteiger partial charge in [-0.2, -0.15) is 0 Å². The highest BCUT2D eigenvalue weighted by molar-refractivity contribution is 5.78. The van der Waals surface area contributed by atoms with Gasteiger partial charge in [0.25, 0.3) is 0 Å². The molecule has 3 heteroatoms. The minimum Gasteiger partial charge on any atom is -0.352 e. The summed E-state index contributed by atoms with van der Waals surface area (Å²) >= 11 is 0. The normalized spacial score (nSPS) is 18.4. The van der Waals surface area contributed by atoms with Crippen LogP contribution in [0.3, 0.4) is 0 Å². The van der Waals surface area contributed by atoms with Crippen molar-refractivity contribution >= 4 is 5.91 Å². The molecular weight excluding hydrogens is 224 g/mol. The first kappa shape index (κ1) is 15.5. The van der Waals surface area contributed by atoms with E-state index in [1.165, 1.54) is 25.7 Å². The fourth-order valence-corrected chi connectivity index (χ4v) is 2.74. The van der Waals surface area contributed by atoms with E-state index in [1.807, 2.05) is 0 Å². The minimum atomic E-state index is 0.0650. The molecule has 1 aliphatic rings. The van der Waals surface area contributed by atoms with Crippen molar-refractivity contribution in [1.82, 2.24) is 10.6 Å². The van der Waals surface area contributed by atoms with E-state index in [0.717, 1.165) is 25.7 Å². The zero-order valence-electron chi connectivity index (χ0n) is 12.3. The molecule has 0 unspecified atom stereocenters. The molecule has 0 aromatic heterocycles. The van der Waals surface area contributed by atoms with Crippen molar-refractivity contribution in [2.45, 2.75) is 83.7 Å². The van der Waals surface area contributed by atoms with E-state index >= 15 is 0 Å². The van der Waals surface area contributed by atoms with Crippen molar-refractivity contribution in [1.29, 1.82) is 0 Å². The summed E-state index contributed by atoms with van der Waals surface area (Å²) < 4.78 is 0. The number of hydrogen-bond donors (Lipinski definition) is 2. The summed E-state index contributed by atoms with van der Waals surface area (Å²) in [4.78, 5) is 11.9. The number of carbonyl (C=O) groups excluding carboxylic acids is 1. The molecule has 0 bridgehead atoms. The lowest BCUT2D eigenvalue weighted by Gasteiger charge is -2.26. The maximum Gasteiger partial charge on any atom is 0.234 e. The fraction of sp³-hybridized carbons (Fsp3) is 0.933. The van der Waals surface area contributed by atoms with Gasteiger partial charge in [0.2, 0.25) is 5.91 Å². The van der Waals surface area contributed by atoms with Crippen LogP contribution in [-0.4, -0.2) is 24.0 Å². The van der Waals surface area contributed by atoms with Crippen LogP contribution in [0.25, 0.3) is 0 Å². The molecule has 0 saturated heterocycles. The van der Waals surface area contributed by atoms with Crippen LogP contribution in [0.4, 0.5) is 0 Å². The van der Waals surface area contributed by atoms with Crippen molar-refractivity contribution in [3.8, 4) is 0 Å². The Morgan fingerprint density at radius 1 is 1.17 bits per heavy atom. The Morgan fingerprint density at radius 3 is 2.33 bits per heavy atom. The van der Waals surface area contributed by atoms with Gasteiger partial charge in [-0.3, -0.25) is 4.79 Å². The molecule has 0 aromatic rings. The molecular formula is C15H30N2O. The highest BCUT2D eigenvalue weighted by Crippen LogP contribution is 2.17. The second kappa shape index (κ2) is 7.78. The van der Waals surface area contributed by atoms with Gasteiger partial charge < -0.3 is 10.6 Å². The first-order valence-electron chi connectivity index (χ1n) is 7.58. The molecule has 1 fully saturated rings. The van der Waals surface area contributed by atoms with Crippen molar-refractivity contribution < 1.29 is 4.79 Å². The van der Waals surface area contributed by atoms with Gasteiger partial charge in [0.05, 0.1) is 6.54 Å². The molecule has 106 valence electrons. The van der Waals surface area contributed by atoms with E-state index in [2.05, 4.69) is 31.4 Å². The average Bonchev–Trinajstić information content (AvgIpc) is 2.55. The van der Waals surface area contributed by atoms with Gasteiger partial charge in [-0.05, 0) is 33.1 Å². The topological polar surface area (TPSA) is 41.1 Å². The number of carbonyl (C=O) groups is 1. The molecule has 0 aromatic carbocycles. The summed E-state index contributed by atoms with van der Waals surface area (Å²) in [7, 11) is 0. The van der Waals surface area contributed by atoms with Gasteiger partial charge in [0.15, 0.2) is 0 Å². The summed E-state index contributed by atoms with van der Waals surface area (Å²) in [6, 6.07) is 0.413. The first-order valence-corrected chi connectivity index (χ1v) is 7.58. The van der Waals surface area contributed by atoms with Crippen LogP contribution in [0.15, 0.2) is 0 Å². The van der Waals surface area contributed by atoms with E-state index in [4.69, 9.17) is 0 Å². The van der Waals surface area contributed by atoms with E-state index in [9.17, 15) is 4.79 Å². The van der Waals surface area contributed by atoms with Crippen LogP contribution in [0.2, 0.25) is 0 Å². The molecule has 3 nitrogen and oxygen atoms in total. The third-order valence-corrected chi connectivity index (χ3v) is 3.82. The molecule has 1 saturated carbocycles. The lowest BCUT2D eigenvalue weighted by atomic mass is 9.99. The Labute approximate surface area is 112 Å².